The van der Waals surface area contributed by atoms with Crippen molar-refractivity contribution >= 4 is 0 Å². The van der Waals surface area contributed by atoms with Gasteiger partial charge in [-0.15, -0.1) is 0 Å². The predicted octanol–water partition coefficient (Wildman–Crippen LogP) is 0.692. The summed E-state index contributed by atoms with van der Waals surface area (Å²) in [5.41, 5.74) is 0. The molecule has 0 aromatic carbocycles. The van der Waals surface area contributed by atoms with Gasteiger partial charge in [0, 0.05) is 13.2 Å². The summed E-state index contributed by atoms with van der Waals surface area (Å²) in [6, 6.07) is 0. The van der Waals surface area contributed by atoms with Gasteiger partial charge in [-0.2, -0.15) is 0 Å². The molecule has 1 aliphatic rings. The lowest BCUT2D eigenvalue weighted by Crippen LogP contribution is -2.17. The lowest BCUT2D eigenvalue weighted by atomic mass is 10.0. The molecule has 1 aliphatic heterocycles. The number of hydrogen-bond donors (Lipinski definition) is 1. The van der Waals surface area contributed by atoms with E-state index < -0.39 is 0 Å². The molecule has 1 saturated heterocycles. The molecule has 2 atom stereocenters. The highest BCUT2D eigenvalue weighted by Gasteiger charge is 2.18. The molecule has 2 unspecified atom stereocenters. The molecule has 1 rings (SSSR count). The highest BCUT2D eigenvalue weighted by atomic mass is 16.6. The average Bonchev–Trinajstić information content (AvgIpc) is 2.40. The summed E-state index contributed by atoms with van der Waals surface area (Å²) in [5.74, 6) is 5.67. The Morgan fingerprint density at radius 2 is 2.60 bits per heavy atom. The van der Waals surface area contributed by atoms with Crippen LogP contribution in [0.15, 0.2) is 0 Å². The van der Waals surface area contributed by atoms with Crippen LogP contribution in [0.4, 0.5) is 0 Å². The Hall–Kier alpha value is -0.120. The molecule has 0 aromatic rings. The van der Waals surface area contributed by atoms with Crippen molar-refractivity contribution in [1.82, 2.24) is 0 Å². The molecular weight excluding hydrogens is 130 g/mol. The van der Waals surface area contributed by atoms with Crippen LogP contribution < -0.4 is 5.90 Å². The maximum Gasteiger partial charge on any atom is 0.0762 e. The summed E-state index contributed by atoms with van der Waals surface area (Å²) in [6.45, 7) is 3.77. The zero-order chi connectivity index (χ0) is 7.40. The predicted molar refractivity (Wildman–Crippen MR) is 38.3 cm³/mol. The van der Waals surface area contributed by atoms with E-state index in [9.17, 15) is 0 Å². The van der Waals surface area contributed by atoms with Gasteiger partial charge >= 0.3 is 0 Å². The molecule has 1 heterocycles. The zero-order valence-corrected chi connectivity index (χ0v) is 6.38. The van der Waals surface area contributed by atoms with Crippen LogP contribution in [0, 0.1) is 5.92 Å². The Bertz CT molecular complexity index is 91.6. The van der Waals surface area contributed by atoms with Crippen molar-refractivity contribution in [2.24, 2.45) is 11.8 Å². The van der Waals surface area contributed by atoms with Crippen LogP contribution in [-0.2, 0) is 9.57 Å². The van der Waals surface area contributed by atoms with Crippen molar-refractivity contribution in [1.29, 1.82) is 0 Å². The van der Waals surface area contributed by atoms with Gasteiger partial charge in [0.2, 0.25) is 0 Å². The minimum atomic E-state index is 0.173. The van der Waals surface area contributed by atoms with Gasteiger partial charge in [-0.25, -0.2) is 5.90 Å². The van der Waals surface area contributed by atoms with Gasteiger partial charge in [0.25, 0.3) is 0 Å². The molecule has 0 aromatic heterocycles. The van der Waals surface area contributed by atoms with Crippen LogP contribution in [0.2, 0.25) is 0 Å². The molecule has 3 nitrogen and oxygen atoms in total. The fraction of sp³-hybridized carbons (Fsp3) is 1.00. The van der Waals surface area contributed by atoms with Crippen molar-refractivity contribution in [2.45, 2.75) is 25.9 Å². The van der Waals surface area contributed by atoms with Gasteiger partial charge in [0.15, 0.2) is 0 Å². The quantitative estimate of drug-likeness (QED) is 0.594. The van der Waals surface area contributed by atoms with Crippen molar-refractivity contribution in [2.75, 3.05) is 13.2 Å². The minimum absolute atomic E-state index is 0.173. The standard InChI is InChI=1S/C7H15NO2/c1-6(10-8)4-7-2-3-9-5-7/h6-7H,2-5,8H2,1H3. The van der Waals surface area contributed by atoms with E-state index in [1.165, 1.54) is 0 Å². The summed E-state index contributed by atoms with van der Waals surface area (Å²) in [4.78, 5) is 4.66. The molecule has 0 aliphatic carbocycles. The fourth-order valence-electron chi connectivity index (χ4n) is 1.29. The second-order valence-corrected chi connectivity index (χ2v) is 2.91. The van der Waals surface area contributed by atoms with Crippen molar-refractivity contribution in [3.63, 3.8) is 0 Å². The average molecular weight is 145 g/mol. The smallest absolute Gasteiger partial charge is 0.0762 e. The maximum atomic E-state index is 5.21. The highest BCUT2D eigenvalue weighted by molar-refractivity contribution is 4.66. The Labute approximate surface area is 61.4 Å². The van der Waals surface area contributed by atoms with Crippen LogP contribution in [-0.4, -0.2) is 19.3 Å². The first-order chi connectivity index (χ1) is 4.83. The van der Waals surface area contributed by atoms with Gasteiger partial charge < -0.3 is 9.57 Å². The van der Waals surface area contributed by atoms with Crippen molar-refractivity contribution in [3.8, 4) is 0 Å². The lowest BCUT2D eigenvalue weighted by Gasteiger charge is -2.11. The summed E-state index contributed by atoms with van der Waals surface area (Å²) in [7, 11) is 0. The van der Waals surface area contributed by atoms with Gasteiger partial charge in [-0.3, -0.25) is 0 Å². The molecule has 0 amide bonds. The molecule has 0 saturated carbocycles. The van der Waals surface area contributed by atoms with Crippen LogP contribution >= 0.6 is 0 Å². The highest BCUT2D eigenvalue weighted by Crippen LogP contribution is 2.18. The molecule has 1 fully saturated rings. The van der Waals surface area contributed by atoms with E-state index in [1.54, 1.807) is 0 Å². The summed E-state index contributed by atoms with van der Waals surface area (Å²) < 4.78 is 5.21. The largest absolute Gasteiger partial charge is 0.381 e. The van der Waals surface area contributed by atoms with Crippen LogP contribution in [0.5, 0.6) is 0 Å². The Morgan fingerprint density at radius 1 is 1.80 bits per heavy atom. The summed E-state index contributed by atoms with van der Waals surface area (Å²) in [6.07, 6.45) is 2.36. The Balaban J connectivity index is 2.11. The molecule has 60 valence electrons. The summed E-state index contributed by atoms with van der Waals surface area (Å²) >= 11 is 0. The molecule has 10 heavy (non-hydrogen) atoms. The second kappa shape index (κ2) is 3.91. The molecule has 0 radical (unpaired) electrons. The van der Waals surface area contributed by atoms with E-state index >= 15 is 0 Å². The number of hydrogen-bond acceptors (Lipinski definition) is 3. The van der Waals surface area contributed by atoms with E-state index in [1.807, 2.05) is 6.92 Å². The first-order valence-corrected chi connectivity index (χ1v) is 3.76. The first-order valence-electron chi connectivity index (χ1n) is 3.76. The van der Waals surface area contributed by atoms with Crippen molar-refractivity contribution < 1.29 is 9.57 Å². The Kier molecular flexibility index (Phi) is 3.12. The molecular formula is C7H15NO2. The minimum Gasteiger partial charge on any atom is -0.381 e. The van der Waals surface area contributed by atoms with Crippen LogP contribution in [0.25, 0.3) is 0 Å². The third-order valence-electron chi connectivity index (χ3n) is 1.92. The monoisotopic (exact) mass is 145 g/mol. The lowest BCUT2D eigenvalue weighted by molar-refractivity contribution is 0.0467. The molecule has 2 N–H and O–H groups in total. The van der Waals surface area contributed by atoms with E-state index in [0.29, 0.717) is 5.92 Å². The fourth-order valence-corrected chi connectivity index (χ4v) is 1.29. The van der Waals surface area contributed by atoms with E-state index in [4.69, 9.17) is 10.6 Å². The topological polar surface area (TPSA) is 44.5 Å². The summed E-state index contributed by atoms with van der Waals surface area (Å²) in [5, 5.41) is 0. The van der Waals surface area contributed by atoms with Crippen LogP contribution in [0.1, 0.15) is 19.8 Å². The number of ether oxygens (including phenoxy) is 1. The number of rotatable bonds is 3. The molecule has 0 spiro atoms. The maximum absolute atomic E-state index is 5.21. The first kappa shape index (κ1) is 7.98. The Morgan fingerprint density at radius 3 is 3.10 bits per heavy atom. The van der Waals surface area contributed by atoms with E-state index in [-0.39, 0.29) is 6.10 Å². The molecule has 3 heteroatoms. The normalized spacial score (nSPS) is 28.8. The third kappa shape index (κ3) is 2.25. The van der Waals surface area contributed by atoms with Crippen LogP contribution in [0.3, 0.4) is 0 Å². The third-order valence-corrected chi connectivity index (χ3v) is 1.92. The van der Waals surface area contributed by atoms with E-state index in [2.05, 4.69) is 4.84 Å². The SMILES string of the molecule is CC(CC1CCOC1)ON. The van der Waals surface area contributed by atoms with Gasteiger partial charge in [-0.1, -0.05) is 0 Å². The number of nitrogens with two attached hydrogens (primary N) is 1. The van der Waals surface area contributed by atoms with Gasteiger partial charge in [0.05, 0.1) is 6.10 Å². The second-order valence-electron chi connectivity index (χ2n) is 2.91. The van der Waals surface area contributed by atoms with E-state index in [0.717, 1.165) is 26.1 Å². The van der Waals surface area contributed by atoms with Gasteiger partial charge in [-0.05, 0) is 25.7 Å². The molecule has 0 bridgehead atoms. The zero-order valence-electron chi connectivity index (χ0n) is 6.38. The van der Waals surface area contributed by atoms with Crippen molar-refractivity contribution in [3.05, 3.63) is 0 Å². The van der Waals surface area contributed by atoms with Gasteiger partial charge in [0.1, 0.15) is 0 Å².